The average Bonchev–Trinajstić information content (AvgIpc) is 3.72. The summed E-state index contributed by atoms with van der Waals surface area (Å²) < 4.78 is 5.43. The zero-order valence-electron chi connectivity index (χ0n) is 32.4. The number of carboxylic acids is 1. The molecule has 0 fully saturated rings. The van der Waals surface area contributed by atoms with Gasteiger partial charge in [0.05, 0.1) is 0 Å². The van der Waals surface area contributed by atoms with Crippen LogP contribution in [0, 0.1) is 0 Å². The highest BCUT2D eigenvalue weighted by atomic mass is 32.1. The number of aliphatic carboxylic acids is 1. The van der Waals surface area contributed by atoms with Crippen molar-refractivity contribution in [2.24, 2.45) is 0 Å². The number of fused-ring (bicyclic) bond motifs is 18. The van der Waals surface area contributed by atoms with Crippen LogP contribution in [0.15, 0.2) is 96.4 Å². The molecule has 2 aliphatic heterocycles. The highest BCUT2D eigenvalue weighted by Gasteiger charge is 2.33. The van der Waals surface area contributed by atoms with Crippen molar-refractivity contribution >= 4 is 58.5 Å². The number of thiophene rings is 1. The maximum atomic E-state index is 14.3. The van der Waals surface area contributed by atoms with E-state index in [-0.39, 0.29) is 38.5 Å². The molecule has 4 atom stereocenters. The first-order valence-corrected chi connectivity index (χ1v) is 19.7. The number of nitrogens with one attached hydrogen (secondary N) is 5. The number of hydrogen-bond acceptors (Lipinski definition) is 9. The predicted octanol–water partition coefficient (Wildman–Crippen LogP) is 4.45. The first kappa shape index (κ1) is 42.8. The van der Waals surface area contributed by atoms with E-state index < -0.39 is 71.2 Å². The van der Waals surface area contributed by atoms with Crippen LogP contribution in [0.1, 0.15) is 68.5 Å². The minimum Gasteiger partial charge on any atom is -0.480 e. The first-order chi connectivity index (χ1) is 27.6. The van der Waals surface area contributed by atoms with Crippen LogP contribution < -0.4 is 26.6 Å². The molecule has 0 aliphatic carbocycles. The molecule has 0 saturated carbocycles. The fourth-order valence-corrected chi connectivity index (χ4v) is 6.97. The Morgan fingerprint density at radius 2 is 1.36 bits per heavy atom. The van der Waals surface area contributed by atoms with Crippen LogP contribution in [0.2, 0.25) is 0 Å². The van der Waals surface area contributed by atoms with Crippen molar-refractivity contribution in [1.82, 2.24) is 21.3 Å². The first-order valence-electron chi connectivity index (χ1n) is 18.8. The molecular formula is C43H47N5O9S. The summed E-state index contributed by atoms with van der Waals surface area (Å²) in [4.78, 5) is 94.0. The highest BCUT2D eigenvalue weighted by Crippen LogP contribution is 2.23. The molecule has 58 heavy (non-hydrogen) atoms. The van der Waals surface area contributed by atoms with Gasteiger partial charge in [-0.2, -0.15) is 0 Å². The van der Waals surface area contributed by atoms with Gasteiger partial charge in [0.25, 0.3) is 0 Å². The maximum absolute atomic E-state index is 14.3. The molecule has 14 nitrogen and oxygen atoms in total. The molecule has 0 spiro atoms. The standard InChI is InChI=1S/C43H47N5O9S/c1-43(2,3)57-37(51)22-19-31-39(52)47-33(42(55)56)25-27-13-17-30(18-14-27)44-35(49)20-21-36(50)48-38(34-10-7-23-58-34)41(54)46-32(40(53)45-31)24-26-11-15-29(16-12-26)28-8-5-4-6-9-28/h4-18,23,31-33,38H,19-22,24-25H2,1-3H3,(H,44,49)(H,45,53)(H,46,54)(H,47,52)(H,48,50)(H,55,56)/t31-,32-,33-,38?/m0/s1. The van der Waals surface area contributed by atoms with Gasteiger partial charge in [0, 0.05) is 42.7 Å². The molecule has 3 aromatic carbocycles. The van der Waals surface area contributed by atoms with Gasteiger partial charge >= 0.3 is 11.9 Å². The summed E-state index contributed by atoms with van der Waals surface area (Å²) in [7, 11) is 0. The molecule has 304 valence electrons. The largest absolute Gasteiger partial charge is 0.480 e. The number of anilines is 1. The maximum Gasteiger partial charge on any atom is 0.326 e. The summed E-state index contributed by atoms with van der Waals surface area (Å²) in [6.07, 6.45) is -1.20. The summed E-state index contributed by atoms with van der Waals surface area (Å²) in [5.74, 6) is -5.44. The van der Waals surface area contributed by atoms with Crippen LogP contribution >= 0.6 is 11.3 Å². The number of amides is 5. The fourth-order valence-electron chi connectivity index (χ4n) is 6.20. The minimum atomic E-state index is -1.44. The molecule has 6 N–H and O–H groups in total. The van der Waals surface area contributed by atoms with E-state index in [1.807, 2.05) is 54.6 Å². The average molecular weight is 810 g/mol. The van der Waals surface area contributed by atoms with Crippen molar-refractivity contribution in [2.45, 2.75) is 89.1 Å². The number of benzene rings is 3. The van der Waals surface area contributed by atoms with Gasteiger partial charge in [-0.3, -0.25) is 28.8 Å². The second kappa shape index (κ2) is 19.7. The Morgan fingerprint density at radius 3 is 2.00 bits per heavy atom. The van der Waals surface area contributed by atoms with Crippen LogP contribution in [0.5, 0.6) is 0 Å². The highest BCUT2D eigenvalue weighted by molar-refractivity contribution is 7.10. The Labute approximate surface area is 340 Å². The van der Waals surface area contributed by atoms with Gasteiger partial charge in [-0.1, -0.05) is 72.8 Å². The molecular weight excluding hydrogens is 763 g/mol. The lowest BCUT2D eigenvalue weighted by molar-refractivity contribution is -0.155. The zero-order chi connectivity index (χ0) is 41.8. The van der Waals surface area contributed by atoms with Gasteiger partial charge in [-0.25, -0.2) is 4.79 Å². The van der Waals surface area contributed by atoms with Crippen LogP contribution in [0.3, 0.4) is 0 Å². The number of esters is 1. The SMILES string of the molecule is CC(C)(C)OC(=O)CC[C@@H]1NC(=O)[C@H](Cc2ccc(-c3ccccc3)cc2)NC(=O)C(c2cccs2)NC(=O)CCC(=O)Nc2ccc(cc2)C[C@@H](C(=O)O)NC1=O. The van der Waals surface area contributed by atoms with E-state index in [0.717, 1.165) is 11.1 Å². The molecule has 2 bridgehead atoms. The molecule has 4 aromatic rings. The number of hydrogen-bond donors (Lipinski definition) is 6. The third-order valence-electron chi connectivity index (χ3n) is 9.09. The van der Waals surface area contributed by atoms with Crippen molar-refractivity contribution in [3.8, 4) is 11.1 Å². The molecule has 6 rings (SSSR count). The number of carbonyl (C=O) groups excluding carboxylic acids is 6. The molecule has 3 heterocycles. The second-order valence-corrected chi connectivity index (χ2v) is 15.9. The van der Waals surface area contributed by atoms with Crippen LogP contribution in [0.25, 0.3) is 11.1 Å². The Morgan fingerprint density at radius 1 is 0.724 bits per heavy atom. The van der Waals surface area contributed by atoms with E-state index in [1.165, 1.54) is 11.3 Å². The summed E-state index contributed by atoms with van der Waals surface area (Å²) >= 11 is 1.21. The lowest BCUT2D eigenvalue weighted by atomic mass is 9.99. The van der Waals surface area contributed by atoms with E-state index in [1.54, 1.807) is 62.5 Å². The number of carboxylic acid groups (broad SMARTS) is 1. The van der Waals surface area contributed by atoms with E-state index in [2.05, 4.69) is 26.6 Å². The Kier molecular flexibility index (Phi) is 14.5. The summed E-state index contributed by atoms with van der Waals surface area (Å²) in [5.41, 5.74) is 2.63. The molecule has 1 unspecified atom stereocenters. The Hall–Kier alpha value is -6.35. The van der Waals surface area contributed by atoms with Crippen molar-refractivity contribution in [2.75, 3.05) is 5.32 Å². The van der Waals surface area contributed by atoms with Gasteiger partial charge in [-0.05, 0) is 73.0 Å². The van der Waals surface area contributed by atoms with Gasteiger partial charge in [0.15, 0.2) is 0 Å². The number of ether oxygens (including phenoxy) is 1. The van der Waals surface area contributed by atoms with E-state index in [9.17, 15) is 38.7 Å². The second-order valence-electron chi connectivity index (χ2n) is 14.9. The number of carbonyl (C=O) groups is 7. The fraction of sp³-hybridized carbons (Fsp3) is 0.326. The molecule has 0 saturated heterocycles. The van der Waals surface area contributed by atoms with E-state index >= 15 is 0 Å². The summed E-state index contributed by atoms with van der Waals surface area (Å²) in [6.45, 7) is 5.06. The summed E-state index contributed by atoms with van der Waals surface area (Å²) in [5, 5.41) is 25.2. The smallest absolute Gasteiger partial charge is 0.326 e. The quantitative estimate of drug-likeness (QED) is 0.110. The van der Waals surface area contributed by atoms with Crippen LogP contribution in [-0.4, -0.2) is 70.3 Å². The lowest BCUT2D eigenvalue weighted by Gasteiger charge is -2.26. The Balaban J connectivity index is 1.50. The topological polar surface area (TPSA) is 209 Å². The minimum absolute atomic E-state index is 0.0497. The van der Waals surface area contributed by atoms with Gasteiger partial charge in [0.1, 0.15) is 29.8 Å². The third-order valence-corrected chi connectivity index (χ3v) is 10.0. The van der Waals surface area contributed by atoms with Crippen molar-refractivity contribution in [1.29, 1.82) is 0 Å². The normalized spacial score (nSPS) is 20.0. The predicted molar refractivity (Wildman–Crippen MR) is 217 cm³/mol. The van der Waals surface area contributed by atoms with Gasteiger partial charge in [0.2, 0.25) is 29.5 Å². The lowest BCUT2D eigenvalue weighted by Crippen LogP contribution is -2.57. The molecule has 2 aliphatic rings. The van der Waals surface area contributed by atoms with Crippen molar-refractivity contribution in [3.63, 3.8) is 0 Å². The van der Waals surface area contributed by atoms with Gasteiger partial charge < -0.3 is 36.4 Å². The Bertz CT molecular complexity index is 2080. The third kappa shape index (κ3) is 12.8. The number of rotatable bonds is 8. The molecule has 15 heteroatoms. The molecule has 0 radical (unpaired) electrons. The molecule has 1 aromatic heterocycles. The van der Waals surface area contributed by atoms with Crippen LogP contribution in [0.4, 0.5) is 5.69 Å². The zero-order valence-corrected chi connectivity index (χ0v) is 33.2. The van der Waals surface area contributed by atoms with E-state index in [0.29, 0.717) is 21.7 Å². The van der Waals surface area contributed by atoms with Crippen molar-refractivity contribution in [3.05, 3.63) is 112 Å². The van der Waals surface area contributed by atoms with Crippen LogP contribution in [-0.2, 0) is 51.1 Å². The molecule has 5 amide bonds. The summed E-state index contributed by atoms with van der Waals surface area (Å²) in [6, 6.07) is 21.2. The van der Waals surface area contributed by atoms with E-state index in [4.69, 9.17) is 4.74 Å². The van der Waals surface area contributed by atoms with Crippen molar-refractivity contribution < 1.29 is 43.4 Å². The van der Waals surface area contributed by atoms with Gasteiger partial charge in [-0.15, -0.1) is 11.3 Å². The monoisotopic (exact) mass is 809 g/mol.